The van der Waals surface area contributed by atoms with Gasteiger partial charge in [0.2, 0.25) is 0 Å². The van der Waals surface area contributed by atoms with Gasteiger partial charge in [0.1, 0.15) is 0 Å². The summed E-state index contributed by atoms with van der Waals surface area (Å²) in [6, 6.07) is 1.81. The third kappa shape index (κ3) is 3.16. The van der Waals surface area contributed by atoms with Crippen LogP contribution in [0.25, 0.3) is 0 Å². The molecule has 1 saturated heterocycles. The molecule has 0 aromatic rings. The van der Waals surface area contributed by atoms with Gasteiger partial charge < -0.3 is 10.6 Å². The molecule has 2 fully saturated rings. The van der Waals surface area contributed by atoms with Crippen molar-refractivity contribution >= 4 is 5.96 Å². The van der Waals surface area contributed by atoms with Crippen LogP contribution < -0.4 is 10.6 Å². The van der Waals surface area contributed by atoms with E-state index in [1.165, 1.54) is 25.8 Å². The standard InChI is InChI=1S/C14H28N4/c1-10(2)18-8-11(3)13(9-18)17-14(15-4)16-12-6-5-7-12/h10-13H,5-9H2,1-4H3,(H2,15,16,17). The van der Waals surface area contributed by atoms with E-state index in [1.54, 1.807) is 0 Å². The number of rotatable bonds is 3. The lowest BCUT2D eigenvalue weighted by molar-refractivity contribution is 0.265. The number of hydrogen-bond donors (Lipinski definition) is 2. The molecule has 2 N–H and O–H groups in total. The van der Waals surface area contributed by atoms with Crippen molar-refractivity contribution in [3.8, 4) is 0 Å². The number of aliphatic imine (C=N–C) groups is 1. The fourth-order valence-electron chi connectivity index (χ4n) is 2.71. The summed E-state index contributed by atoms with van der Waals surface area (Å²) in [6.07, 6.45) is 3.94. The third-order valence-electron chi connectivity index (χ3n) is 4.36. The Labute approximate surface area is 111 Å². The van der Waals surface area contributed by atoms with Gasteiger partial charge >= 0.3 is 0 Å². The van der Waals surface area contributed by atoms with Crippen LogP contribution in [-0.2, 0) is 0 Å². The zero-order valence-corrected chi connectivity index (χ0v) is 12.2. The van der Waals surface area contributed by atoms with Gasteiger partial charge in [-0.25, -0.2) is 0 Å². The minimum Gasteiger partial charge on any atom is -0.354 e. The molecule has 1 heterocycles. The SMILES string of the molecule is CN=C(NC1CCC1)NC1CN(C(C)C)CC1C. The Kier molecular flexibility index (Phi) is 4.49. The summed E-state index contributed by atoms with van der Waals surface area (Å²) in [5.41, 5.74) is 0. The highest BCUT2D eigenvalue weighted by atomic mass is 15.3. The molecule has 1 saturated carbocycles. The second-order valence-electron chi connectivity index (χ2n) is 6.12. The van der Waals surface area contributed by atoms with E-state index in [1.807, 2.05) is 7.05 Å². The minimum atomic E-state index is 0.527. The monoisotopic (exact) mass is 252 g/mol. The summed E-state index contributed by atoms with van der Waals surface area (Å²) >= 11 is 0. The molecule has 0 spiro atoms. The molecule has 2 aliphatic rings. The van der Waals surface area contributed by atoms with Crippen LogP contribution >= 0.6 is 0 Å². The van der Waals surface area contributed by atoms with Gasteiger partial charge in [-0.15, -0.1) is 0 Å². The molecule has 0 aromatic heterocycles. The van der Waals surface area contributed by atoms with Crippen molar-refractivity contribution in [1.82, 2.24) is 15.5 Å². The normalized spacial score (nSPS) is 30.6. The predicted octanol–water partition coefficient (Wildman–Crippen LogP) is 1.43. The lowest BCUT2D eigenvalue weighted by atomic mass is 9.93. The quantitative estimate of drug-likeness (QED) is 0.590. The number of hydrogen-bond acceptors (Lipinski definition) is 2. The maximum atomic E-state index is 4.35. The maximum Gasteiger partial charge on any atom is 0.191 e. The van der Waals surface area contributed by atoms with Crippen LogP contribution in [0.15, 0.2) is 4.99 Å². The van der Waals surface area contributed by atoms with E-state index in [4.69, 9.17) is 0 Å². The van der Waals surface area contributed by atoms with E-state index in [0.29, 0.717) is 24.0 Å². The molecule has 4 heteroatoms. The van der Waals surface area contributed by atoms with Crippen LogP contribution in [-0.4, -0.2) is 49.1 Å². The topological polar surface area (TPSA) is 39.7 Å². The summed E-state index contributed by atoms with van der Waals surface area (Å²) in [7, 11) is 1.87. The van der Waals surface area contributed by atoms with Crippen LogP contribution in [0.2, 0.25) is 0 Å². The van der Waals surface area contributed by atoms with Crippen molar-refractivity contribution in [2.45, 2.75) is 58.2 Å². The summed E-state index contributed by atoms with van der Waals surface area (Å²) in [5.74, 6) is 1.68. The molecule has 104 valence electrons. The molecule has 2 rings (SSSR count). The molecule has 0 aromatic carbocycles. The Morgan fingerprint density at radius 2 is 1.94 bits per heavy atom. The fraction of sp³-hybridized carbons (Fsp3) is 0.929. The van der Waals surface area contributed by atoms with E-state index in [-0.39, 0.29) is 0 Å². The molecular weight excluding hydrogens is 224 g/mol. The van der Waals surface area contributed by atoms with E-state index < -0.39 is 0 Å². The Balaban J connectivity index is 1.83. The summed E-state index contributed by atoms with van der Waals surface area (Å²) in [4.78, 5) is 6.89. The summed E-state index contributed by atoms with van der Waals surface area (Å²) < 4.78 is 0. The Bertz CT molecular complexity index is 296. The second-order valence-corrected chi connectivity index (χ2v) is 6.12. The highest BCUT2D eigenvalue weighted by Gasteiger charge is 2.31. The van der Waals surface area contributed by atoms with Crippen LogP contribution in [0.5, 0.6) is 0 Å². The summed E-state index contributed by atoms with van der Waals surface area (Å²) in [5, 5.41) is 7.11. The van der Waals surface area contributed by atoms with Crippen LogP contribution in [0.1, 0.15) is 40.0 Å². The van der Waals surface area contributed by atoms with Gasteiger partial charge in [0.15, 0.2) is 5.96 Å². The highest BCUT2D eigenvalue weighted by molar-refractivity contribution is 5.80. The Hall–Kier alpha value is -0.770. The molecular formula is C14H28N4. The number of nitrogens with one attached hydrogen (secondary N) is 2. The van der Waals surface area contributed by atoms with Gasteiger partial charge in [0.05, 0.1) is 0 Å². The van der Waals surface area contributed by atoms with E-state index in [9.17, 15) is 0 Å². The van der Waals surface area contributed by atoms with Gasteiger partial charge in [-0.05, 0) is 39.0 Å². The molecule has 18 heavy (non-hydrogen) atoms. The first kappa shape index (κ1) is 13.7. The smallest absolute Gasteiger partial charge is 0.191 e. The van der Waals surface area contributed by atoms with Gasteiger partial charge in [0.25, 0.3) is 0 Å². The van der Waals surface area contributed by atoms with Crippen molar-refractivity contribution in [2.24, 2.45) is 10.9 Å². The van der Waals surface area contributed by atoms with E-state index >= 15 is 0 Å². The van der Waals surface area contributed by atoms with Gasteiger partial charge in [-0.1, -0.05) is 6.92 Å². The molecule has 2 unspecified atom stereocenters. The molecule has 4 nitrogen and oxygen atoms in total. The van der Waals surface area contributed by atoms with Crippen LogP contribution in [0, 0.1) is 5.92 Å². The van der Waals surface area contributed by atoms with Crippen molar-refractivity contribution < 1.29 is 0 Å². The number of guanidine groups is 1. The molecule has 0 radical (unpaired) electrons. The number of likely N-dealkylation sites (tertiary alicyclic amines) is 1. The predicted molar refractivity (Wildman–Crippen MR) is 76.9 cm³/mol. The molecule has 1 aliphatic carbocycles. The van der Waals surface area contributed by atoms with Gasteiger partial charge in [-0.2, -0.15) is 0 Å². The average Bonchev–Trinajstić information content (AvgIpc) is 2.63. The van der Waals surface area contributed by atoms with Crippen molar-refractivity contribution in [1.29, 1.82) is 0 Å². The van der Waals surface area contributed by atoms with Crippen molar-refractivity contribution in [3.05, 3.63) is 0 Å². The fourth-order valence-corrected chi connectivity index (χ4v) is 2.71. The Morgan fingerprint density at radius 1 is 1.22 bits per heavy atom. The zero-order chi connectivity index (χ0) is 13.1. The molecule has 0 amide bonds. The second kappa shape index (κ2) is 5.91. The molecule has 1 aliphatic heterocycles. The maximum absolute atomic E-state index is 4.35. The average molecular weight is 252 g/mol. The number of nitrogens with zero attached hydrogens (tertiary/aromatic N) is 2. The minimum absolute atomic E-state index is 0.527. The zero-order valence-electron chi connectivity index (χ0n) is 12.2. The summed E-state index contributed by atoms with van der Waals surface area (Å²) in [6.45, 7) is 9.20. The molecule has 2 atom stereocenters. The van der Waals surface area contributed by atoms with E-state index in [2.05, 4.69) is 41.3 Å². The Morgan fingerprint density at radius 3 is 2.39 bits per heavy atom. The van der Waals surface area contributed by atoms with E-state index in [0.717, 1.165) is 12.5 Å². The lowest BCUT2D eigenvalue weighted by Gasteiger charge is -2.30. The highest BCUT2D eigenvalue weighted by Crippen LogP contribution is 2.20. The van der Waals surface area contributed by atoms with Crippen LogP contribution in [0.3, 0.4) is 0 Å². The first-order valence-corrected chi connectivity index (χ1v) is 7.34. The van der Waals surface area contributed by atoms with Gasteiger partial charge in [0, 0.05) is 38.3 Å². The third-order valence-corrected chi connectivity index (χ3v) is 4.36. The first-order chi connectivity index (χ1) is 8.60. The lowest BCUT2D eigenvalue weighted by Crippen LogP contribution is -2.51. The van der Waals surface area contributed by atoms with Crippen molar-refractivity contribution in [3.63, 3.8) is 0 Å². The largest absolute Gasteiger partial charge is 0.354 e. The van der Waals surface area contributed by atoms with Crippen LogP contribution in [0.4, 0.5) is 0 Å². The van der Waals surface area contributed by atoms with Gasteiger partial charge in [-0.3, -0.25) is 9.89 Å². The van der Waals surface area contributed by atoms with Crippen molar-refractivity contribution in [2.75, 3.05) is 20.1 Å². The molecule has 0 bridgehead atoms. The first-order valence-electron chi connectivity index (χ1n) is 7.34.